The van der Waals surface area contributed by atoms with Crippen LogP contribution in [0.4, 0.5) is 0 Å². The Labute approximate surface area is 117 Å². The summed E-state index contributed by atoms with van der Waals surface area (Å²) in [6.07, 6.45) is 0. The lowest BCUT2D eigenvalue weighted by Crippen LogP contribution is -2.33. The Bertz CT molecular complexity index is 773. The third-order valence-corrected chi connectivity index (χ3v) is 3.72. The number of carbonyl (C=O) groups is 1. The van der Waals surface area contributed by atoms with Crippen molar-refractivity contribution in [1.29, 1.82) is 0 Å². The molecule has 20 heavy (non-hydrogen) atoms. The van der Waals surface area contributed by atoms with Crippen molar-refractivity contribution in [3.05, 3.63) is 20.8 Å². The summed E-state index contributed by atoms with van der Waals surface area (Å²) in [5, 5.41) is 0.465. The first-order valence-corrected chi connectivity index (χ1v) is 6.88. The van der Waals surface area contributed by atoms with Crippen LogP contribution >= 0.6 is 11.8 Å². The molecule has 0 aliphatic carbocycles. The predicted octanol–water partition coefficient (Wildman–Crippen LogP) is -0.385. The number of nitrogens with zero attached hydrogens (tertiary/aromatic N) is 3. The van der Waals surface area contributed by atoms with Gasteiger partial charge in [-0.15, -0.1) is 0 Å². The number of esters is 1. The normalized spacial score (nSPS) is 10.9. The minimum Gasteiger partial charge on any atom is -0.465 e. The van der Waals surface area contributed by atoms with E-state index in [1.807, 2.05) is 0 Å². The second-order valence-corrected chi connectivity index (χ2v) is 4.98. The third kappa shape index (κ3) is 2.48. The van der Waals surface area contributed by atoms with Crippen molar-refractivity contribution in [2.45, 2.75) is 12.1 Å². The summed E-state index contributed by atoms with van der Waals surface area (Å²) in [4.78, 5) is 41.5. The molecule has 0 fully saturated rings. The zero-order valence-corrected chi connectivity index (χ0v) is 12.1. The topological polar surface area (TPSA) is 99.0 Å². The van der Waals surface area contributed by atoms with E-state index in [0.29, 0.717) is 17.3 Å². The van der Waals surface area contributed by atoms with Crippen molar-refractivity contribution in [3.8, 4) is 0 Å². The van der Waals surface area contributed by atoms with Gasteiger partial charge < -0.3 is 9.30 Å². The maximum Gasteiger partial charge on any atom is 0.329 e. The molecule has 0 spiro atoms. The largest absolute Gasteiger partial charge is 0.465 e. The summed E-state index contributed by atoms with van der Waals surface area (Å²) in [6.45, 7) is 2.04. The fourth-order valence-electron chi connectivity index (χ4n) is 1.70. The minimum absolute atomic E-state index is 0.0928. The Morgan fingerprint density at radius 3 is 2.70 bits per heavy atom. The highest BCUT2D eigenvalue weighted by Gasteiger charge is 2.15. The van der Waals surface area contributed by atoms with Gasteiger partial charge in [0, 0.05) is 14.1 Å². The van der Waals surface area contributed by atoms with E-state index in [2.05, 4.69) is 9.97 Å². The van der Waals surface area contributed by atoms with Crippen LogP contribution in [-0.2, 0) is 23.6 Å². The van der Waals surface area contributed by atoms with Crippen molar-refractivity contribution in [2.24, 2.45) is 14.1 Å². The number of rotatable bonds is 4. The highest BCUT2D eigenvalue weighted by Crippen LogP contribution is 2.19. The van der Waals surface area contributed by atoms with Crippen LogP contribution < -0.4 is 11.2 Å². The number of fused-ring (bicyclic) bond motifs is 1. The zero-order valence-electron chi connectivity index (χ0n) is 11.3. The second kappa shape index (κ2) is 5.53. The molecular weight excluding hydrogens is 284 g/mol. The lowest BCUT2D eigenvalue weighted by Gasteiger charge is -2.02. The number of imidazole rings is 1. The molecule has 0 atom stereocenters. The maximum atomic E-state index is 12.0. The summed E-state index contributed by atoms with van der Waals surface area (Å²) in [5.74, 6) is -0.263. The minimum atomic E-state index is -0.525. The Hall–Kier alpha value is -2.03. The van der Waals surface area contributed by atoms with Crippen LogP contribution in [0.1, 0.15) is 6.92 Å². The fourth-order valence-corrected chi connectivity index (χ4v) is 2.47. The number of aryl methyl sites for hydroxylation is 1. The van der Waals surface area contributed by atoms with Crippen LogP contribution in [0.15, 0.2) is 14.7 Å². The maximum absolute atomic E-state index is 12.0. The lowest BCUT2D eigenvalue weighted by atomic mass is 10.5. The first-order chi connectivity index (χ1) is 9.45. The molecule has 0 saturated heterocycles. The molecule has 0 aliphatic heterocycles. The van der Waals surface area contributed by atoms with E-state index in [4.69, 9.17) is 4.74 Å². The molecule has 2 aromatic rings. The first kappa shape index (κ1) is 14.4. The van der Waals surface area contributed by atoms with Gasteiger partial charge in [-0.05, 0) is 6.92 Å². The highest BCUT2D eigenvalue weighted by molar-refractivity contribution is 7.99. The number of aromatic amines is 1. The molecule has 0 radical (unpaired) electrons. The van der Waals surface area contributed by atoms with Crippen LogP contribution in [0.25, 0.3) is 11.2 Å². The van der Waals surface area contributed by atoms with Gasteiger partial charge in [0.2, 0.25) is 0 Å². The van der Waals surface area contributed by atoms with Crippen molar-refractivity contribution in [2.75, 3.05) is 12.4 Å². The molecular formula is C11H14N4O4S. The van der Waals surface area contributed by atoms with Crippen LogP contribution in [0.3, 0.4) is 0 Å². The van der Waals surface area contributed by atoms with Crippen LogP contribution in [-0.4, -0.2) is 37.4 Å². The predicted molar refractivity (Wildman–Crippen MR) is 73.9 cm³/mol. The molecule has 1 N–H and O–H groups in total. The first-order valence-electron chi connectivity index (χ1n) is 5.89. The van der Waals surface area contributed by atoms with Crippen molar-refractivity contribution in [1.82, 2.24) is 19.1 Å². The highest BCUT2D eigenvalue weighted by atomic mass is 32.2. The van der Waals surface area contributed by atoms with E-state index in [1.165, 1.54) is 7.05 Å². The summed E-state index contributed by atoms with van der Waals surface area (Å²) in [5.41, 5.74) is -0.449. The van der Waals surface area contributed by atoms with Gasteiger partial charge in [-0.25, -0.2) is 9.78 Å². The van der Waals surface area contributed by atoms with Gasteiger partial charge in [0.25, 0.3) is 5.56 Å². The van der Waals surface area contributed by atoms with E-state index in [-0.39, 0.29) is 17.4 Å². The number of hydrogen-bond acceptors (Lipinski definition) is 6. The molecule has 0 aliphatic rings. The number of nitrogens with one attached hydrogen (secondary N) is 1. The molecule has 0 aromatic carbocycles. The van der Waals surface area contributed by atoms with E-state index in [1.54, 1.807) is 18.5 Å². The van der Waals surface area contributed by atoms with Gasteiger partial charge in [0.1, 0.15) is 0 Å². The van der Waals surface area contributed by atoms with E-state index in [9.17, 15) is 14.4 Å². The summed E-state index contributed by atoms with van der Waals surface area (Å²) in [7, 11) is 3.04. The summed E-state index contributed by atoms with van der Waals surface area (Å²) >= 11 is 1.15. The van der Waals surface area contributed by atoms with Gasteiger partial charge in [0.05, 0.1) is 12.4 Å². The zero-order chi connectivity index (χ0) is 14.9. The SMILES string of the molecule is CCOC(=O)CSc1nc2[nH]c(=O)n(C)c(=O)c2n1C. The molecule has 0 unspecified atom stereocenters. The average molecular weight is 298 g/mol. The van der Waals surface area contributed by atoms with Gasteiger partial charge in [-0.1, -0.05) is 11.8 Å². The summed E-state index contributed by atoms with van der Waals surface area (Å²) in [6, 6.07) is 0. The Morgan fingerprint density at radius 1 is 1.35 bits per heavy atom. The number of ether oxygens (including phenoxy) is 1. The monoisotopic (exact) mass is 298 g/mol. The number of aromatic nitrogens is 4. The standard InChI is InChI=1S/C11H14N4O4S/c1-4-19-6(16)5-20-11-13-8-7(14(11)2)9(17)15(3)10(18)12-8/h4-5H2,1-3H3,(H,12,18). The third-order valence-electron chi connectivity index (χ3n) is 2.72. The molecule has 2 rings (SSSR count). The molecule has 2 aromatic heterocycles. The van der Waals surface area contributed by atoms with Gasteiger partial charge in [-0.2, -0.15) is 0 Å². The summed E-state index contributed by atoms with van der Waals surface area (Å²) < 4.78 is 7.35. The number of carbonyl (C=O) groups excluding carboxylic acids is 1. The average Bonchev–Trinajstić information content (AvgIpc) is 2.70. The smallest absolute Gasteiger partial charge is 0.329 e. The second-order valence-electron chi connectivity index (χ2n) is 4.04. The van der Waals surface area contributed by atoms with E-state index >= 15 is 0 Å². The molecule has 9 heteroatoms. The molecule has 108 valence electrons. The molecule has 0 amide bonds. The van der Waals surface area contributed by atoms with Crippen molar-refractivity contribution < 1.29 is 9.53 Å². The van der Waals surface area contributed by atoms with E-state index in [0.717, 1.165) is 16.3 Å². The van der Waals surface area contributed by atoms with Crippen LogP contribution in [0.5, 0.6) is 0 Å². The molecule has 0 saturated carbocycles. The Balaban J connectivity index is 2.40. The quantitative estimate of drug-likeness (QED) is 0.610. The van der Waals surface area contributed by atoms with E-state index < -0.39 is 11.2 Å². The molecule has 8 nitrogen and oxygen atoms in total. The van der Waals surface area contributed by atoms with Gasteiger partial charge in [-0.3, -0.25) is 19.1 Å². The van der Waals surface area contributed by atoms with Crippen LogP contribution in [0, 0.1) is 0 Å². The number of H-pyrrole nitrogens is 1. The van der Waals surface area contributed by atoms with Gasteiger partial charge in [0.15, 0.2) is 16.3 Å². The van der Waals surface area contributed by atoms with Gasteiger partial charge >= 0.3 is 11.7 Å². The molecule has 2 heterocycles. The van der Waals surface area contributed by atoms with Crippen molar-refractivity contribution >= 4 is 28.9 Å². The van der Waals surface area contributed by atoms with Crippen molar-refractivity contribution in [3.63, 3.8) is 0 Å². The Morgan fingerprint density at radius 2 is 2.05 bits per heavy atom. The molecule has 0 bridgehead atoms. The van der Waals surface area contributed by atoms with Crippen LogP contribution in [0.2, 0.25) is 0 Å². The number of hydrogen-bond donors (Lipinski definition) is 1. The lowest BCUT2D eigenvalue weighted by molar-refractivity contribution is -0.139. The fraction of sp³-hybridized carbons (Fsp3) is 0.455. The Kier molecular flexibility index (Phi) is 3.98. The number of thioether (sulfide) groups is 1.